The smallest absolute Gasteiger partial charge is 0.122 e. The molecule has 4 aromatic rings. The summed E-state index contributed by atoms with van der Waals surface area (Å²) in [4.78, 5) is 0. The summed E-state index contributed by atoms with van der Waals surface area (Å²) in [6.45, 7) is 8.87. The Morgan fingerprint density at radius 2 is 0.794 bits per heavy atom. The molecule has 0 bridgehead atoms. The minimum absolute atomic E-state index is 0.00620. The average Bonchev–Trinajstić information content (AvgIpc) is 2.86. The van der Waals surface area contributed by atoms with Crippen LogP contribution < -0.4 is 9.47 Å². The lowest BCUT2D eigenvalue weighted by molar-refractivity contribution is 0.397. The maximum atomic E-state index is 5.91. The zero-order valence-electron chi connectivity index (χ0n) is 21.1. The first-order valence-electron chi connectivity index (χ1n) is 11.9. The molecule has 0 saturated heterocycles. The van der Waals surface area contributed by atoms with E-state index in [4.69, 9.17) is 9.47 Å². The fourth-order valence-electron chi connectivity index (χ4n) is 5.12. The van der Waals surface area contributed by atoms with Crippen LogP contribution in [0.2, 0.25) is 0 Å². The molecular formula is C32H34O2. The Morgan fingerprint density at radius 3 is 1.21 bits per heavy atom. The van der Waals surface area contributed by atoms with Crippen LogP contribution in [0.15, 0.2) is 84.9 Å². The Morgan fingerprint density at radius 1 is 0.441 bits per heavy atom. The van der Waals surface area contributed by atoms with E-state index in [1.807, 2.05) is 12.1 Å². The minimum atomic E-state index is -0.00620. The Balaban J connectivity index is 2.12. The molecule has 0 amide bonds. The summed E-state index contributed by atoms with van der Waals surface area (Å²) in [7, 11) is 3.51. The van der Waals surface area contributed by atoms with Gasteiger partial charge in [0.25, 0.3) is 0 Å². The molecule has 174 valence electrons. The van der Waals surface area contributed by atoms with E-state index in [9.17, 15) is 0 Å². The Bertz CT molecular complexity index is 1190. The van der Waals surface area contributed by atoms with Gasteiger partial charge in [0.1, 0.15) is 11.5 Å². The first kappa shape index (κ1) is 23.6. The van der Waals surface area contributed by atoms with Crippen LogP contribution in [0.25, 0.3) is 0 Å². The summed E-state index contributed by atoms with van der Waals surface area (Å²) >= 11 is 0. The van der Waals surface area contributed by atoms with E-state index in [0.717, 1.165) is 22.6 Å². The van der Waals surface area contributed by atoms with Crippen molar-refractivity contribution in [3.8, 4) is 11.5 Å². The molecule has 0 saturated carbocycles. The molecule has 0 aromatic heterocycles. The molecule has 0 spiro atoms. The van der Waals surface area contributed by atoms with E-state index in [2.05, 4.69) is 100 Å². The number of benzene rings is 4. The summed E-state index contributed by atoms with van der Waals surface area (Å²) in [5, 5.41) is 0. The Kier molecular flexibility index (Phi) is 7.07. The highest BCUT2D eigenvalue weighted by Gasteiger charge is 2.34. The second-order valence-corrected chi connectivity index (χ2v) is 9.02. The van der Waals surface area contributed by atoms with E-state index in [1.165, 1.54) is 33.4 Å². The van der Waals surface area contributed by atoms with Crippen LogP contribution in [0.3, 0.4) is 0 Å². The number of aryl methyl sites for hydroxylation is 2. The molecule has 0 atom stereocenters. The monoisotopic (exact) mass is 450 g/mol. The number of rotatable bonds is 7. The highest BCUT2D eigenvalue weighted by atomic mass is 16.5. The van der Waals surface area contributed by atoms with E-state index in [0.29, 0.717) is 0 Å². The van der Waals surface area contributed by atoms with Crippen LogP contribution in [0, 0.1) is 27.7 Å². The lowest BCUT2D eigenvalue weighted by Gasteiger charge is -2.33. The fourth-order valence-corrected chi connectivity index (χ4v) is 5.12. The second-order valence-electron chi connectivity index (χ2n) is 9.02. The molecule has 0 aliphatic rings. The maximum Gasteiger partial charge on any atom is 0.122 e. The van der Waals surface area contributed by atoms with Crippen molar-refractivity contribution in [1.29, 1.82) is 0 Å². The summed E-state index contributed by atoms with van der Waals surface area (Å²) < 4.78 is 11.8. The number of para-hydroxylation sites is 2. The van der Waals surface area contributed by atoms with Gasteiger partial charge in [-0.05, 0) is 73.2 Å². The molecule has 0 N–H and O–H groups in total. The predicted octanol–water partition coefficient (Wildman–Crippen LogP) is 7.90. The summed E-state index contributed by atoms with van der Waals surface area (Å²) in [6, 6.07) is 30.1. The standard InChI is InChI=1S/C32H34O2/c1-21-13-11-17-25(23(21)3)31(26-18-12-14-22(2)24(26)4)32(27-15-7-9-19-29(27)33-5)28-16-8-10-20-30(28)34-6/h7-20,31-32H,1-6H3. The molecule has 0 aliphatic heterocycles. The molecule has 34 heavy (non-hydrogen) atoms. The number of hydrogen-bond acceptors (Lipinski definition) is 2. The van der Waals surface area contributed by atoms with Gasteiger partial charge in [0, 0.05) is 23.0 Å². The molecule has 0 radical (unpaired) electrons. The van der Waals surface area contributed by atoms with Crippen LogP contribution in [-0.4, -0.2) is 14.2 Å². The number of hydrogen-bond donors (Lipinski definition) is 0. The van der Waals surface area contributed by atoms with Gasteiger partial charge in [-0.25, -0.2) is 0 Å². The van der Waals surface area contributed by atoms with Crippen molar-refractivity contribution in [1.82, 2.24) is 0 Å². The largest absolute Gasteiger partial charge is 0.496 e. The van der Waals surface area contributed by atoms with Crippen LogP contribution in [-0.2, 0) is 0 Å². The van der Waals surface area contributed by atoms with E-state index in [1.54, 1.807) is 14.2 Å². The van der Waals surface area contributed by atoms with E-state index in [-0.39, 0.29) is 11.8 Å². The Hall–Kier alpha value is -3.52. The van der Waals surface area contributed by atoms with Gasteiger partial charge in [-0.1, -0.05) is 72.8 Å². The topological polar surface area (TPSA) is 18.5 Å². The molecular weight excluding hydrogens is 416 g/mol. The summed E-state index contributed by atoms with van der Waals surface area (Å²) in [6.07, 6.45) is 0. The third-order valence-electron chi connectivity index (χ3n) is 7.24. The fraction of sp³-hybridized carbons (Fsp3) is 0.250. The zero-order valence-corrected chi connectivity index (χ0v) is 21.1. The van der Waals surface area contributed by atoms with Gasteiger partial charge in [0.15, 0.2) is 0 Å². The van der Waals surface area contributed by atoms with Crippen LogP contribution >= 0.6 is 0 Å². The van der Waals surface area contributed by atoms with Gasteiger partial charge in [0.2, 0.25) is 0 Å². The predicted molar refractivity (Wildman–Crippen MR) is 142 cm³/mol. The molecule has 2 heteroatoms. The van der Waals surface area contributed by atoms with Gasteiger partial charge in [0.05, 0.1) is 14.2 Å². The second kappa shape index (κ2) is 10.2. The third kappa shape index (κ3) is 4.33. The molecule has 4 rings (SSSR count). The minimum Gasteiger partial charge on any atom is -0.496 e. The first-order valence-corrected chi connectivity index (χ1v) is 11.9. The first-order chi connectivity index (χ1) is 16.5. The number of methoxy groups -OCH3 is 2. The van der Waals surface area contributed by atoms with E-state index < -0.39 is 0 Å². The van der Waals surface area contributed by atoms with Gasteiger partial charge < -0.3 is 9.47 Å². The van der Waals surface area contributed by atoms with Gasteiger partial charge in [-0.2, -0.15) is 0 Å². The van der Waals surface area contributed by atoms with Crippen molar-refractivity contribution in [3.63, 3.8) is 0 Å². The van der Waals surface area contributed by atoms with Gasteiger partial charge in [-0.15, -0.1) is 0 Å². The molecule has 2 nitrogen and oxygen atoms in total. The highest BCUT2D eigenvalue weighted by Crippen LogP contribution is 2.49. The molecule has 4 aromatic carbocycles. The van der Waals surface area contributed by atoms with Crippen molar-refractivity contribution >= 4 is 0 Å². The van der Waals surface area contributed by atoms with Gasteiger partial charge >= 0.3 is 0 Å². The summed E-state index contributed by atoms with van der Waals surface area (Å²) in [5.41, 5.74) is 10.2. The highest BCUT2D eigenvalue weighted by molar-refractivity contribution is 5.56. The normalized spacial score (nSPS) is 11.2. The molecule has 0 aliphatic carbocycles. The third-order valence-corrected chi connectivity index (χ3v) is 7.24. The average molecular weight is 451 g/mol. The number of ether oxygens (including phenoxy) is 2. The molecule has 0 unspecified atom stereocenters. The van der Waals surface area contributed by atoms with Crippen molar-refractivity contribution < 1.29 is 9.47 Å². The molecule has 0 fully saturated rings. The zero-order chi connectivity index (χ0) is 24.2. The van der Waals surface area contributed by atoms with Crippen LogP contribution in [0.1, 0.15) is 56.3 Å². The Labute approximate surface area is 204 Å². The quantitative estimate of drug-likeness (QED) is 0.285. The van der Waals surface area contributed by atoms with Gasteiger partial charge in [-0.3, -0.25) is 0 Å². The van der Waals surface area contributed by atoms with Crippen LogP contribution in [0.4, 0.5) is 0 Å². The van der Waals surface area contributed by atoms with Crippen molar-refractivity contribution in [2.75, 3.05) is 14.2 Å². The lowest BCUT2D eigenvalue weighted by atomic mass is 9.70. The van der Waals surface area contributed by atoms with Crippen LogP contribution in [0.5, 0.6) is 11.5 Å². The molecule has 0 heterocycles. The SMILES string of the molecule is COc1ccccc1C(c1ccccc1OC)C(c1cccc(C)c1C)c1cccc(C)c1C. The van der Waals surface area contributed by atoms with Crippen molar-refractivity contribution in [3.05, 3.63) is 129 Å². The maximum absolute atomic E-state index is 5.91. The van der Waals surface area contributed by atoms with E-state index >= 15 is 0 Å². The van der Waals surface area contributed by atoms with Crippen molar-refractivity contribution in [2.45, 2.75) is 39.5 Å². The summed E-state index contributed by atoms with van der Waals surface area (Å²) in [5.74, 6) is 1.85. The lowest BCUT2D eigenvalue weighted by Crippen LogP contribution is -2.19. The van der Waals surface area contributed by atoms with Crippen molar-refractivity contribution in [2.24, 2.45) is 0 Å².